The fourth-order valence-electron chi connectivity index (χ4n) is 4.36. The summed E-state index contributed by atoms with van der Waals surface area (Å²) in [5.74, 6) is 0.200. The maximum atomic E-state index is 13.8. The summed E-state index contributed by atoms with van der Waals surface area (Å²) < 4.78 is 47.2. The summed E-state index contributed by atoms with van der Waals surface area (Å²) in [4.78, 5) is 15.9. The Labute approximate surface area is 188 Å². The van der Waals surface area contributed by atoms with Crippen LogP contribution in [0.15, 0.2) is 24.5 Å². The minimum atomic E-state index is -4.58. The van der Waals surface area contributed by atoms with Gasteiger partial charge in [-0.25, -0.2) is 15.0 Å². The predicted octanol–water partition coefficient (Wildman–Crippen LogP) is 3.25. The van der Waals surface area contributed by atoms with Crippen LogP contribution in [0.25, 0.3) is 22.3 Å². The Morgan fingerprint density at radius 1 is 1.06 bits per heavy atom. The topological polar surface area (TPSA) is 99.8 Å². The Kier molecular flexibility index (Phi) is 6.17. The molecule has 3 aromatic rings. The van der Waals surface area contributed by atoms with Crippen molar-refractivity contribution in [2.75, 3.05) is 38.1 Å². The number of halogens is 3. The molecule has 0 amide bonds. The molecule has 2 aliphatic heterocycles. The Hall–Kier alpha value is -2.76. The normalized spacial score (nSPS) is 22.3. The number of alkyl halides is 3. The average Bonchev–Trinajstić information content (AvgIpc) is 3.07. The molecular formula is C22H26F3N7O. The molecule has 0 aromatic carbocycles. The maximum absolute atomic E-state index is 13.8. The summed E-state index contributed by atoms with van der Waals surface area (Å²) in [6, 6.07) is 3.68. The molecule has 2 aliphatic rings. The van der Waals surface area contributed by atoms with Crippen molar-refractivity contribution in [2.45, 2.75) is 37.6 Å². The zero-order valence-corrected chi connectivity index (χ0v) is 18.0. The van der Waals surface area contributed by atoms with E-state index < -0.39 is 11.7 Å². The molecular weight excluding hydrogens is 435 g/mol. The lowest BCUT2D eigenvalue weighted by Crippen LogP contribution is -2.33. The summed E-state index contributed by atoms with van der Waals surface area (Å²) in [6.07, 6.45) is 0.368. The highest BCUT2D eigenvalue weighted by atomic mass is 19.4. The van der Waals surface area contributed by atoms with E-state index in [0.717, 1.165) is 50.8 Å². The molecule has 0 aliphatic carbocycles. The van der Waals surface area contributed by atoms with Crippen LogP contribution in [-0.2, 0) is 10.9 Å². The van der Waals surface area contributed by atoms with Gasteiger partial charge in [0.1, 0.15) is 17.3 Å². The van der Waals surface area contributed by atoms with E-state index in [1.165, 1.54) is 6.20 Å². The van der Waals surface area contributed by atoms with E-state index in [0.29, 0.717) is 29.7 Å². The van der Waals surface area contributed by atoms with Crippen LogP contribution in [0.2, 0.25) is 0 Å². The van der Waals surface area contributed by atoms with Crippen LogP contribution >= 0.6 is 0 Å². The van der Waals surface area contributed by atoms with Crippen molar-refractivity contribution in [3.8, 4) is 11.3 Å². The van der Waals surface area contributed by atoms with E-state index in [-0.39, 0.29) is 23.8 Å². The zero-order valence-electron chi connectivity index (χ0n) is 18.0. The number of H-pyrrole nitrogens is 1. The van der Waals surface area contributed by atoms with Gasteiger partial charge in [0.2, 0.25) is 5.95 Å². The first-order chi connectivity index (χ1) is 16.0. The number of nitrogens with one attached hydrogen (secondary N) is 4. The largest absolute Gasteiger partial charge is 0.419 e. The van der Waals surface area contributed by atoms with Crippen LogP contribution in [0.4, 0.5) is 19.1 Å². The zero-order chi connectivity index (χ0) is 22.8. The molecule has 8 nitrogen and oxygen atoms in total. The molecule has 3 aromatic heterocycles. The lowest BCUT2D eigenvalue weighted by atomic mass is 10.1. The molecule has 4 N–H and O–H groups in total. The second-order valence-electron chi connectivity index (χ2n) is 8.37. The van der Waals surface area contributed by atoms with Crippen LogP contribution in [0.1, 0.15) is 36.6 Å². The quantitative estimate of drug-likeness (QED) is 0.473. The van der Waals surface area contributed by atoms with Gasteiger partial charge in [0.05, 0.1) is 18.0 Å². The molecule has 33 heavy (non-hydrogen) atoms. The number of aromatic amines is 1. The Balaban J connectivity index is 1.50. The van der Waals surface area contributed by atoms with Gasteiger partial charge >= 0.3 is 6.18 Å². The third-order valence-electron chi connectivity index (χ3n) is 6.08. The Bertz CT molecular complexity index is 1100. The first kappa shape index (κ1) is 22.1. The van der Waals surface area contributed by atoms with Crippen LogP contribution in [0, 0.1) is 0 Å². The van der Waals surface area contributed by atoms with Gasteiger partial charge in [-0.1, -0.05) is 0 Å². The Morgan fingerprint density at radius 3 is 2.79 bits per heavy atom. The van der Waals surface area contributed by atoms with E-state index >= 15 is 0 Å². The first-order valence-electron chi connectivity index (χ1n) is 11.2. The van der Waals surface area contributed by atoms with Gasteiger partial charge in [-0.05, 0) is 44.5 Å². The molecule has 2 fully saturated rings. The minimum absolute atomic E-state index is 0.112. The lowest BCUT2D eigenvalue weighted by Gasteiger charge is -2.23. The van der Waals surface area contributed by atoms with Gasteiger partial charge in [0, 0.05) is 42.5 Å². The molecule has 5 heterocycles. The number of fused-ring (bicyclic) bond motifs is 1. The van der Waals surface area contributed by atoms with Gasteiger partial charge in [-0.15, -0.1) is 0 Å². The second kappa shape index (κ2) is 9.24. The Morgan fingerprint density at radius 2 is 1.97 bits per heavy atom. The van der Waals surface area contributed by atoms with Gasteiger partial charge < -0.3 is 25.7 Å². The predicted molar refractivity (Wildman–Crippen MR) is 118 cm³/mol. The molecule has 2 unspecified atom stereocenters. The van der Waals surface area contributed by atoms with Gasteiger partial charge in [0.25, 0.3) is 0 Å². The number of pyridine rings is 1. The number of ether oxygens (including phenoxy) is 1. The fraction of sp³-hybridized carbons (Fsp3) is 0.500. The standard InChI is InChI=1S/C22H26F3N7O/c23-22(24,25)16-11-29-21(30-13-2-1-6-26-7-5-13)32-19(16)15-10-28-20-14(15)3-4-17(31-20)18-12-27-8-9-33-18/h3-4,10-11,13,18,26-27H,1-2,5-9,12H2,(H,28,31)(H,29,30,32). The summed E-state index contributed by atoms with van der Waals surface area (Å²) >= 11 is 0. The van der Waals surface area contributed by atoms with Crippen molar-refractivity contribution in [3.63, 3.8) is 0 Å². The summed E-state index contributed by atoms with van der Waals surface area (Å²) in [5.41, 5.74) is 0.523. The van der Waals surface area contributed by atoms with Crippen molar-refractivity contribution >= 4 is 17.0 Å². The molecule has 2 saturated heterocycles. The van der Waals surface area contributed by atoms with Crippen LogP contribution in [0.3, 0.4) is 0 Å². The molecule has 2 atom stereocenters. The summed E-state index contributed by atoms with van der Waals surface area (Å²) in [5, 5.41) is 10.4. The number of morpholine rings is 1. The molecule has 176 valence electrons. The van der Waals surface area contributed by atoms with Crippen molar-refractivity contribution in [1.29, 1.82) is 0 Å². The highest BCUT2D eigenvalue weighted by Crippen LogP contribution is 2.38. The number of hydrogen-bond donors (Lipinski definition) is 4. The summed E-state index contributed by atoms with van der Waals surface area (Å²) in [7, 11) is 0. The van der Waals surface area contributed by atoms with Crippen molar-refractivity contribution in [2.24, 2.45) is 0 Å². The van der Waals surface area contributed by atoms with E-state index in [1.54, 1.807) is 12.1 Å². The van der Waals surface area contributed by atoms with Gasteiger partial charge in [-0.3, -0.25) is 0 Å². The van der Waals surface area contributed by atoms with Gasteiger partial charge in [-0.2, -0.15) is 13.2 Å². The van der Waals surface area contributed by atoms with E-state index in [1.807, 2.05) is 0 Å². The van der Waals surface area contributed by atoms with Crippen molar-refractivity contribution in [1.82, 2.24) is 30.6 Å². The molecule has 0 spiro atoms. The molecule has 5 rings (SSSR count). The van der Waals surface area contributed by atoms with E-state index in [9.17, 15) is 13.2 Å². The number of anilines is 1. The third kappa shape index (κ3) is 4.80. The smallest absolute Gasteiger partial charge is 0.369 e. The highest BCUT2D eigenvalue weighted by molar-refractivity contribution is 5.93. The maximum Gasteiger partial charge on any atom is 0.419 e. The highest BCUT2D eigenvalue weighted by Gasteiger charge is 2.36. The van der Waals surface area contributed by atoms with Crippen molar-refractivity contribution in [3.05, 3.63) is 35.8 Å². The monoisotopic (exact) mass is 461 g/mol. The summed E-state index contributed by atoms with van der Waals surface area (Å²) in [6.45, 7) is 3.80. The molecule has 11 heteroatoms. The lowest BCUT2D eigenvalue weighted by molar-refractivity contribution is -0.137. The molecule has 0 radical (unpaired) electrons. The molecule has 0 saturated carbocycles. The second-order valence-corrected chi connectivity index (χ2v) is 8.37. The number of nitrogens with zero attached hydrogens (tertiary/aromatic N) is 3. The minimum Gasteiger partial charge on any atom is -0.369 e. The fourth-order valence-corrected chi connectivity index (χ4v) is 4.36. The van der Waals surface area contributed by atoms with E-state index in [4.69, 9.17) is 4.74 Å². The first-order valence-corrected chi connectivity index (χ1v) is 11.2. The van der Waals surface area contributed by atoms with Crippen molar-refractivity contribution < 1.29 is 17.9 Å². The van der Waals surface area contributed by atoms with Gasteiger partial charge in [0.15, 0.2) is 0 Å². The number of aromatic nitrogens is 4. The van der Waals surface area contributed by atoms with Crippen LogP contribution < -0.4 is 16.0 Å². The van der Waals surface area contributed by atoms with Crippen LogP contribution in [0.5, 0.6) is 0 Å². The third-order valence-corrected chi connectivity index (χ3v) is 6.08. The number of hydrogen-bond acceptors (Lipinski definition) is 7. The number of rotatable bonds is 4. The SMILES string of the molecule is FC(F)(F)c1cnc(NC2CCCNCC2)nc1-c1c[nH]c2nc(C3CNCCO3)ccc12. The average molecular weight is 461 g/mol. The van der Waals surface area contributed by atoms with E-state index in [2.05, 4.69) is 35.9 Å². The molecule has 0 bridgehead atoms. The van der Waals surface area contributed by atoms with Crippen LogP contribution in [-0.4, -0.2) is 58.8 Å².